The topological polar surface area (TPSA) is 36.3 Å². The lowest BCUT2D eigenvalue weighted by Gasteiger charge is -2.28. The molecular weight excluding hydrogens is 474 g/mol. The molecule has 2 aromatic heterocycles. The fourth-order valence-electron chi connectivity index (χ4n) is 4.93. The van der Waals surface area contributed by atoms with E-state index in [4.69, 9.17) is 23.8 Å². The molecule has 178 valence electrons. The number of thiocarbonyl (C=S) groups is 1. The molecule has 0 saturated carbocycles. The molecule has 0 radical (unpaired) electrons. The normalized spacial score (nSPS) is 17.5. The molecular formula is C28H28ClN5S. The van der Waals surface area contributed by atoms with E-state index in [1.807, 2.05) is 42.6 Å². The lowest BCUT2D eigenvalue weighted by molar-refractivity contribution is 0.565. The quantitative estimate of drug-likeness (QED) is 0.321. The third-order valence-electron chi connectivity index (χ3n) is 6.62. The summed E-state index contributed by atoms with van der Waals surface area (Å²) in [6, 6.07) is 24.6. The Kier molecular flexibility index (Phi) is 6.26. The average Bonchev–Trinajstić information content (AvgIpc) is 3.35. The lowest BCUT2D eigenvalue weighted by atomic mass is 9.96. The van der Waals surface area contributed by atoms with Crippen LogP contribution in [0.1, 0.15) is 34.7 Å². The Morgan fingerprint density at radius 3 is 2.26 bits per heavy atom. The minimum absolute atomic E-state index is 0.0698. The Morgan fingerprint density at radius 1 is 0.943 bits per heavy atom. The van der Waals surface area contributed by atoms with Crippen LogP contribution in [0.4, 0.5) is 11.4 Å². The summed E-state index contributed by atoms with van der Waals surface area (Å²) in [5.41, 5.74) is 7.81. The summed E-state index contributed by atoms with van der Waals surface area (Å²) >= 11 is 12.1. The highest BCUT2D eigenvalue weighted by Gasteiger charge is 2.42. The third kappa shape index (κ3) is 4.28. The summed E-state index contributed by atoms with van der Waals surface area (Å²) in [4.78, 5) is 8.97. The molecule has 1 fully saturated rings. The summed E-state index contributed by atoms with van der Waals surface area (Å²) in [7, 11) is 4.11. The molecule has 0 unspecified atom stereocenters. The molecule has 1 aliphatic rings. The molecule has 5 nitrogen and oxygen atoms in total. The molecule has 1 saturated heterocycles. The maximum Gasteiger partial charge on any atom is 0.174 e. The van der Waals surface area contributed by atoms with Crippen LogP contribution in [0.15, 0.2) is 79.0 Å². The zero-order chi connectivity index (χ0) is 24.7. The molecule has 5 rings (SSSR count). The smallest absolute Gasteiger partial charge is 0.174 e. The maximum atomic E-state index is 6.20. The fraction of sp³-hybridized carbons (Fsp3) is 0.214. The number of benzene rings is 2. The van der Waals surface area contributed by atoms with Crippen molar-refractivity contribution in [2.75, 3.05) is 23.9 Å². The Balaban J connectivity index is 1.64. The van der Waals surface area contributed by atoms with E-state index in [1.165, 1.54) is 22.6 Å². The van der Waals surface area contributed by atoms with E-state index in [2.05, 4.69) is 89.0 Å². The molecule has 3 heterocycles. The fourth-order valence-corrected chi connectivity index (χ4v) is 5.41. The van der Waals surface area contributed by atoms with Crippen LogP contribution >= 0.6 is 23.8 Å². The van der Waals surface area contributed by atoms with E-state index in [-0.39, 0.29) is 12.1 Å². The largest absolute Gasteiger partial charge is 0.378 e. The lowest BCUT2D eigenvalue weighted by Crippen LogP contribution is -2.29. The van der Waals surface area contributed by atoms with Gasteiger partial charge in [0.1, 0.15) is 0 Å². The van der Waals surface area contributed by atoms with Crippen LogP contribution in [0.2, 0.25) is 5.02 Å². The summed E-state index contributed by atoms with van der Waals surface area (Å²) in [6.45, 7) is 4.33. The van der Waals surface area contributed by atoms with Crippen molar-refractivity contribution < 1.29 is 0 Å². The summed E-state index contributed by atoms with van der Waals surface area (Å²) < 4.78 is 2.31. The zero-order valence-corrected chi connectivity index (χ0v) is 21.8. The van der Waals surface area contributed by atoms with Crippen molar-refractivity contribution in [3.05, 3.63) is 107 Å². The molecule has 0 amide bonds. The predicted octanol–water partition coefficient (Wildman–Crippen LogP) is 6.39. The average molecular weight is 502 g/mol. The number of pyridine rings is 1. The van der Waals surface area contributed by atoms with Crippen molar-refractivity contribution in [2.45, 2.75) is 25.9 Å². The molecule has 7 heteroatoms. The van der Waals surface area contributed by atoms with Crippen LogP contribution in [0.25, 0.3) is 5.69 Å². The highest BCUT2D eigenvalue weighted by molar-refractivity contribution is 7.80. The molecule has 0 spiro atoms. The number of halogens is 1. The molecule has 2 aromatic carbocycles. The molecule has 1 aliphatic heterocycles. The number of hydrogen-bond donors (Lipinski definition) is 1. The number of hydrogen-bond acceptors (Lipinski definition) is 3. The van der Waals surface area contributed by atoms with E-state index in [0.29, 0.717) is 10.1 Å². The summed E-state index contributed by atoms with van der Waals surface area (Å²) in [5, 5.41) is 4.92. The monoisotopic (exact) mass is 501 g/mol. The van der Waals surface area contributed by atoms with Crippen LogP contribution in [0, 0.1) is 13.8 Å². The van der Waals surface area contributed by atoms with Crippen molar-refractivity contribution in [1.29, 1.82) is 0 Å². The first kappa shape index (κ1) is 23.4. The van der Waals surface area contributed by atoms with Crippen LogP contribution < -0.4 is 15.1 Å². The van der Waals surface area contributed by atoms with E-state index in [9.17, 15) is 0 Å². The van der Waals surface area contributed by atoms with Crippen molar-refractivity contribution in [1.82, 2.24) is 14.9 Å². The molecule has 4 aromatic rings. The number of nitrogens with one attached hydrogen (secondary N) is 1. The van der Waals surface area contributed by atoms with Gasteiger partial charge in [0.05, 0.1) is 17.8 Å². The van der Waals surface area contributed by atoms with Gasteiger partial charge in [0.15, 0.2) is 5.11 Å². The minimum atomic E-state index is -0.0931. The third-order valence-corrected chi connectivity index (χ3v) is 7.18. The van der Waals surface area contributed by atoms with E-state index in [0.717, 1.165) is 17.1 Å². The van der Waals surface area contributed by atoms with Crippen molar-refractivity contribution in [3.63, 3.8) is 0 Å². The number of nitrogens with zero attached hydrogens (tertiary/aromatic N) is 4. The van der Waals surface area contributed by atoms with E-state index >= 15 is 0 Å². The number of anilines is 2. The van der Waals surface area contributed by atoms with Gasteiger partial charge in [-0.25, -0.2) is 0 Å². The second-order valence-electron chi connectivity index (χ2n) is 9.05. The molecule has 1 N–H and O–H groups in total. The van der Waals surface area contributed by atoms with E-state index < -0.39 is 0 Å². The number of aryl methyl sites for hydroxylation is 1. The van der Waals surface area contributed by atoms with Gasteiger partial charge < -0.3 is 19.7 Å². The van der Waals surface area contributed by atoms with Gasteiger partial charge in [-0.3, -0.25) is 4.98 Å². The summed E-state index contributed by atoms with van der Waals surface area (Å²) in [6.07, 6.45) is 1.83. The minimum Gasteiger partial charge on any atom is -0.378 e. The van der Waals surface area contributed by atoms with Crippen LogP contribution in [-0.4, -0.2) is 28.8 Å². The van der Waals surface area contributed by atoms with Crippen molar-refractivity contribution in [3.8, 4) is 5.69 Å². The number of rotatable bonds is 5. The second kappa shape index (κ2) is 9.36. The van der Waals surface area contributed by atoms with Crippen LogP contribution in [0.5, 0.6) is 0 Å². The highest BCUT2D eigenvalue weighted by Crippen LogP contribution is 2.43. The Bertz CT molecular complexity index is 1350. The van der Waals surface area contributed by atoms with Gasteiger partial charge in [0.25, 0.3) is 0 Å². The van der Waals surface area contributed by atoms with Crippen LogP contribution in [-0.2, 0) is 0 Å². The van der Waals surface area contributed by atoms with Gasteiger partial charge in [-0.15, -0.1) is 0 Å². The van der Waals surface area contributed by atoms with Gasteiger partial charge in [0.2, 0.25) is 0 Å². The Morgan fingerprint density at radius 2 is 1.63 bits per heavy atom. The molecule has 35 heavy (non-hydrogen) atoms. The Labute approximate surface area is 217 Å². The maximum absolute atomic E-state index is 6.20. The molecule has 0 bridgehead atoms. The first-order chi connectivity index (χ1) is 16.8. The second-order valence-corrected chi connectivity index (χ2v) is 9.87. The van der Waals surface area contributed by atoms with Gasteiger partial charge in [-0.1, -0.05) is 17.7 Å². The molecule has 2 atom stereocenters. The van der Waals surface area contributed by atoms with Gasteiger partial charge in [0, 0.05) is 53.8 Å². The van der Waals surface area contributed by atoms with Gasteiger partial charge in [-0.2, -0.15) is 0 Å². The zero-order valence-electron chi connectivity index (χ0n) is 20.2. The standard InChI is InChI=1S/C28H28ClN5S/c1-18-17-24(19(2)33(18)22-14-12-21(13-15-22)32(3)4)27-26(25-7-5-6-16-30-25)31-28(35)34(27)23-10-8-20(29)9-11-23/h5-17,26-27H,1-4H3,(H,31,35)/t26-,27+/m0/s1. The van der Waals surface area contributed by atoms with Gasteiger partial charge in [-0.05, 0) is 98.4 Å². The van der Waals surface area contributed by atoms with Crippen LogP contribution in [0.3, 0.4) is 0 Å². The van der Waals surface area contributed by atoms with Crippen molar-refractivity contribution in [2.24, 2.45) is 0 Å². The SMILES string of the molecule is Cc1cc([C@@H]2[C@H](c3ccccn3)NC(=S)N2c2ccc(Cl)cc2)c(C)n1-c1ccc(N(C)C)cc1. The highest BCUT2D eigenvalue weighted by atomic mass is 35.5. The summed E-state index contributed by atoms with van der Waals surface area (Å²) in [5.74, 6) is 0. The molecule has 0 aliphatic carbocycles. The van der Waals surface area contributed by atoms with E-state index in [1.54, 1.807) is 0 Å². The van der Waals surface area contributed by atoms with Gasteiger partial charge >= 0.3 is 0 Å². The first-order valence-corrected chi connectivity index (χ1v) is 12.4. The predicted molar refractivity (Wildman–Crippen MR) is 149 cm³/mol. The Hall–Kier alpha value is -3.35. The first-order valence-electron chi connectivity index (χ1n) is 11.6. The van der Waals surface area contributed by atoms with Crippen molar-refractivity contribution >= 4 is 40.3 Å². The number of aromatic nitrogens is 2.